The standard InChI is InChI=1S/C23H21ClF2N4O4S2/c24-21-17(27-16(10-18(21)31)13-1-2-14(25)15(26)9-13)11-19-22(34)30(23(35)36-19)8-7-28-3-5-29(6-4-28)12-20(32)33/h1-2,9-11H,3-8,12H2,(H,27,31)(H,32,33)/b19-11-. The highest BCUT2D eigenvalue weighted by Gasteiger charge is 2.32. The summed E-state index contributed by atoms with van der Waals surface area (Å²) in [6, 6.07) is 4.41. The van der Waals surface area contributed by atoms with E-state index in [2.05, 4.69) is 9.88 Å². The molecule has 0 unspecified atom stereocenters. The minimum atomic E-state index is -1.06. The molecule has 3 heterocycles. The summed E-state index contributed by atoms with van der Waals surface area (Å²) in [5, 5.41) is 8.77. The summed E-state index contributed by atoms with van der Waals surface area (Å²) < 4.78 is 27.4. The van der Waals surface area contributed by atoms with Crippen LogP contribution >= 0.6 is 35.6 Å². The molecule has 0 atom stereocenters. The van der Waals surface area contributed by atoms with Crippen molar-refractivity contribution in [2.75, 3.05) is 45.8 Å². The summed E-state index contributed by atoms with van der Waals surface area (Å²) in [5.41, 5.74) is 0.0678. The lowest BCUT2D eigenvalue weighted by molar-refractivity contribution is -0.138. The number of nitrogens with one attached hydrogen (secondary N) is 1. The third-order valence-corrected chi connectivity index (χ3v) is 7.61. The third-order valence-electron chi connectivity index (χ3n) is 5.84. The van der Waals surface area contributed by atoms with Gasteiger partial charge in [0.05, 0.1) is 17.1 Å². The lowest BCUT2D eigenvalue weighted by Gasteiger charge is -2.34. The van der Waals surface area contributed by atoms with E-state index in [1.807, 2.05) is 4.90 Å². The molecule has 1 aromatic heterocycles. The SMILES string of the molecule is O=C(O)CN1CCN(CCN2C(=O)/C(=C/c3[nH]c(-c4ccc(F)c(F)c4)cc(=O)c3Cl)SC2=S)CC1. The maximum Gasteiger partial charge on any atom is 0.317 e. The van der Waals surface area contributed by atoms with Gasteiger partial charge in [0.15, 0.2) is 11.6 Å². The zero-order valence-corrected chi connectivity index (χ0v) is 21.2. The van der Waals surface area contributed by atoms with E-state index in [0.717, 1.165) is 23.9 Å². The molecule has 36 heavy (non-hydrogen) atoms. The molecule has 190 valence electrons. The van der Waals surface area contributed by atoms with Gasteiger partial charge in [-0.1, -0.05) is 35.6 Å². The van der Waals surface area contributed by atoms with Gasteiger partial charge in [0, 0.05) is 56.6 Å². The second-order valence-electron chi connectivity index (χ2n) is 8.25. The van der Waals surface area contributed by atoms with Gasteiger partial charge in [-0.3, -0.25) is 29.1 Å². The molecule has 4 rings (SSSR count). The van der Waals surface area contributed by atoms with Crippen LogP contribution < -0.4 is 5.43 Å². The number of hydrogen-bond acceptors (Lipinski definition) is 7. The smallest absolute Gasteiger partial charge is 0.317 e. The number of benzene rings is 1. The Labute approximate surface area is 219 Å². The molecule has 0 spiro atoms. The normalized spacial score (nSPS) is 18.4. The number of piperazine rings is 1. The van der Waals surface area contributed by atoms with Crippen molar-refractivity contribution >= 4 is 57.9 Å². The zero-order chi connectivity index (χ0) is 26.0. The van der Waals surface area contributed by atoms with Gasteiger partial charge in [0.25, 0.3) is 5.91 Å². The number of hydrogen-bond donors (Lipinski definition) is 2. The fraction of sp³-hybridized carbons (Fsp3) is 0.304. The molecule has 2 N–H and O–H groups in total. The number of thioether (sulfide) groups is 1. The molecule has 13 heteroatoms. The van der Waals surface area contributed by atoms with E-state index in [1.54, 1.807) is 0 Å². The number of carbonyl (C=O) groups is 2. The largest absolute Gasteiger partial charge is 0.480 e. The Morgan fingerprint density at radius 1 is 1.11 bits per heavy atom. The maximum atomic E-state index is 13.7. The van der Waals surface area contributed by atoms with Gasteiger partial charge in [-0.25, -0.2) is 8.78 Å². The molecule has 2 aliphatic heterocycles. The van der Waals surface area contributed by atoms with Gasteiger partial charge >= 0.3 is 5.97 Å². The van der Waals surface area contributed by atoms with Crippen LogP contribution in [0.3, 0.4) is 0 Å². The highest BCUT2D eigenvalue weighted by molar-refractivity contribution is 8.26. The number of carbonyl (C=O) groups excluding carboxylic acids is 1. The number of amides is 1. The van der Waals surface area contributed by atoms with Crippen LogP contribution in [0.5, 0.6) is 0 Å². The molecule has 2 aromatic rings. The highest BCUT2D eigenvalue weighted by atomic mass is 35.5. The minimum Gasteiger partial charge on any atom is -0.480 e. The van der Waals surface area contributed by atoms with Crippen LogP contribution in [-0.4, -0.2) is 86.8 Å². The molecular weight excluding hydrogens is 534 g/mol. The molecule has 0 aliphatic carbocycles. The Kier molecular flexibility index (Phi) is 8.20. The average molecular weight is 555 g/mol. The van der Waals surface area contributed by atoms with Crippen molar-refractivity contribution in [3.05, 3.63) is 61.7 Å². The molecule has 0 saturated carbocycles. The molecule has 2 saturated heterocycles. The molecule has 2 aliphatic rings. The Balaban J connectivity index is 1.46. The fourth-order valence-electron chi connectivity index (χ4n) is 3.91. The molecule has 1 amide bonds. The Morgan fingerprint density at radius 2 is 1.81 bits per heavy atom. The van der Waals surface area contributed by atoms with E-state index in [9.17, 15) is 23.2 Å². The average Bonchev–Trinajstić information content (AvgIpc) is 3.09. The number of rotatable bonds is 7. The third kappa shape index (κ3) is 6.01. The summed E-state index contributed by atoms with van der Waals surface area (Å²) in [6.45, 7) is 3.58. The monoisotopic (exact) mass is 554 g/mol. The van der Waals surface area contributed by atoms with Crippen LogP contribution in [0, 0.1) is 11.6 Å². The lowest BCUT2D eigenvalue weighted by Crippen LogP contribution is -2.49. The van der Waals surface area contributed by atoms with E-state index >= 15 is 0 Å². The molecule has 0 bridgehead atoms. The number of aromatic nitrogens is 1. The van der Waals surface area contributed by atoms with Crippen LogP contribution in [0.1, 0.15) is 5.69 Å². The van der Waals surface area contributed by atoms with E-state index in [4.69, 9.17) is 28.9 Å². The number of nitrogens with zero attached hydrogens (tertiary/aromatic N) is 3. The summed E-state index contributed by atoms with van der Waals surface area (Å²) in [4.78, 5) is 45.0. The maximum absolute atomic E-state index is 13.7. The van der Waals surface area contributed by atoms with Crippen molar-refractivity contribution in [2.45, 2.75) is 0 Å². The summed E-state index contributed by atoms with van der Waals surface area (Å²) in [7, 11) is 0. The van der Waals surface area contributed by atoms with Gasteiger partial charge in [-0.2, -0.15) is 0 Å². The first-order chi connectivity index (χ1) is 17.1. The van der Waals surface area contributed by atoms with Crippen molar-refractivity contribution in [1.82, 2.24) is 19.7 Å². The number of pyridine rings is 1. The van der Waals surface area contributed by atoms with Gasteiger partial charge < -0.3 is 10.1 Å². The van der Waals surface area contributed by atoms with Gasteiger partial charge in [-0.05, 0) is 24.3 Å². The predicted octanol–water partition coefficient (Wildman–Crippen LogP) is 2.88. The van der Waals surface area contributed by atoms with E-state index in [1.165, 1.54) is 23.1 Å². The summed E-state index contributed by atoms with van der Waals surface area (Å²) in [5.74, 6) is -3.26. The molecule has 0 radical (unpaired) electrons. The van der Waals surface area contributed by atoms with Crippen molar-refractivity contribution in [3.8, 4) is 11.3 Å². The van der Waals surface area contributed by atoms with Crippen molar-refractivity contribution < 1.29 is 23.5 Å². The van der Waals surface area contributed by atoms with Gasteiger partial charge in [0.2, 0.25) is 5.43 Å². The quantitative estimate of drug-likeness (QED) is 0.398. The summed E-state index contributed by atoms with van der Waals surface area (Å²) in [6.07, 6.45) is 1.43. The van der Waals surface area contributed by atoms with E-state index < -0.39 is 23.0 Å². The van der Waals surface area contributed by atoms with Crippen molar-refractivity contribution in [3.63, 3.8) is 0 Å². The van der Waals surface area contributed by atoms with Crippen LogP contribution in [0.15, 0.2) is 34.0 Å². The first-order valence-electron chi connectivity index (χ1n) is 10.9. The number of carboxylic acids is 1. The number of carboxylic acid groups (broad SMARTS) is 1. The highest BCUT2D eigenvalue weighted by Crippen LogP contribution is 2.33. The molecule has 2 fully saturated rings. The Bertz CT molecular complexity index is 1310. The van der Waals surface area contributed by atoms with Gasteiger partial charge in [0.1, 0.15) is 9.34 Å². The zero-order valence-electron chi connectivity index (χ0n) is 18.8. The predicted molar refractivity (Wildman–Crippen MR) is 138 cm³/mol. The number of thiocarbonyl (C=S) groups is 1. The van der Waals surface area contributed by atoms with Crippen molar-refractivity contribution in [1.29, 1.82) is 0 Å². The fourth-order valence-corrected chi connectivity index (χ4v) is 5.36. The molecule has 1 aromatic carbocycles. The second kappa shape index (κ2) is 11.2. The first-order valence-corrected chi connectivity index (χ1v) is 12.5. The van der Waals surface area contributed by atoms with Gasteiger partial charge in [-0.15, -0.1) is 0 Å². The van der Waals surface area contributed by atoms with E-state index in [-0.39, 0.29) is 39.3 Å². The van der Waals surface area contributed by atoms with E-state index in [0.29, 0.717) is 43.6 Å². The van der Waals surface area contributed by atoms with Crippen molar-refractivity contribution in [2.24, 2.45) is 0 Å². The summed E-state index contributed by atoms with van der Waals surface area (Å²) >= 11 is 12.6. The first kappa shape index (κ1) is 26.4. The minimum absolute atomic E-state index is 0.00921. The van der Waals surface area contributed by atoms with Crippen LogP contribution in [0.25, 0.3) is 17.3 Å². The number of aromatic amines is 1. The number of H-pyrrole nitrogens is 1. The Hall–Kier alpha value is -2.64. The topological polar surface area (TPSA) is 96.9 Å². The number of aliphatic carboxylic acids is 1. The van der Waals surface area contributed by atoms with Crippen LogP contribution in [0.4, 0.5) is 8.78 Å². The second-order valence-corrected chi connectivity index (χ2v) is 10.3. The molecular formula is C23H21ClF2N4O4S2. The van der Waals surface area contributed by atoms with Crippen LogP contribution in [-0.2, 0) is 9.59 Å². The molecule has 8 nitrogen and oxygen atoms in total. The lowest BCUT2D eigenvalue weighted by atomic mass is 10.1. The number of halogens is 3. The Morgan fingerprint density at radius 3 is 2.47 bits per heavy atom. The van der Waals surface area contributed by atoms with Crippen LogP contribution in [0.2, 0.25) is 5.02 Å².